The number of carbonyl (C=O) groups is 3. The summed E-state index contributed by atoms with van der Waals surface area (Å²) in [6.07, 6.45) is 4.58. The fourth-order valence-corrected chi connectivity index (χ4v) is 4.38. The van der Waals surface area contributed by atoms with Crippen LogP contribution in [0.25, 0.3) is 21.8 Å². The molecule has 0 radical (unpaired) electrons. The molecule has 8 heteroatoms. The number of nitrogens with zero attached hydrogens (tertiary/aromatic N) is 1. The number of imide groups is 1. The van der Waals surface area contributed by atoms with E-state index in [1.165, 1.54) is 0 Å². The molecular formula is C26H28N4O4. The van der Waals surface area contributed by atoms with Crippen LogP contribution in [0.2, 0.25) is 0 Å². The third kappa shape index (κ3) is 4.87. The lowest BCUT2D eigenvalue weighted by atomic mass is 10.0. The number of H-pyrrole nitrogens is 2. The third-order valence-electron chi connectivity index (χ3n) is 6.10. The van der Waals surface area contributed by atoms with Gasteiger partial charge in [0, 0.05) is 34.2 Å². The molecule has 1 atom stereocenters. The first kappa shape index (κ1) is 23.3. The normalized spacial score (nSPS) is 12.1. The molecule has 0 saturated heterocycles. The topological polar surface area (TPSA) is 132 Å². The lowest BCUT2D eigenvalue weighted by Crippen LogP contribution is -2.50. The van der Waals surface area contributed by atoms with E-state index in [-0.39, 0.29) is 19.3 Å². The Hall–Kier alpha value is -3.91. The number of fused-ring (bicyclic) bond motifs is 2. The number of aliphatic carboxylic acids is 1. The van der Waals surface area contributed by atoms with Crippen LogP contribution >= 0.6 is 0 Å². The minimum absolute atomic E-state index is 0.0791. The molecular weight excluding hydrogens is 432 g/mol. The number of aromatic amines is 2. The minimum atomic E-state index is -1.25. The van der Waals surface area contributed by atoms with Gasteiger partial charge >= 0.3 is 5.97 Å². The summed E-state index contributed by atoms with van der Waals surface area (Å²) in [5.41, 5.74) is 8.76. The van der Waals surface area contributed by atoms with Crippen LogP contribution in [0.4, 0.5) is 0 Å². The molecule has 0 bridgehead atoms. The number of carbonyl (C=O) groups excluding carboxylic acids is 2. The summed E-state index contributed by atoms with van der Waals surface area (Å²) < 4.78 is 0. The van der Waals surface area contributed by atoms with Crippen LogP contribution in [0.5, 0.6) is 0 Å². The van der Waals surface area contributed by atoms with Gasteiger partial charge in [-0.25, -0.2) is 4.79 Å². The molecule has 34 heavy (non-hydrogen) atoms. The Bertz CT molecular complexity index is 1230. The summed E-state index contributed by atoms with van der Waals surface area (Å²) >= 11 is 0. The average Bonchev–Trinajstić information content (AvgIpc) is 3.43. The molecule has 0 unspecified atom stereocenters. The Morgan fingerprint density at radius 3 is 1.79 bits per heavy atom. The predicted molar refractivity (Wildman–Crippen MR) is 130 cm³/mol. The second kappa shape index (κ2) is 10.4. The van der Waals surface area contributed by atoms with Crippen molar-refractivity contribution in [2.45, 2.75) is 38.1 Å². The molecule has 8 nitrogen and oxygen atoms in total. The molecule has 0 saturated carbocycles. The molecule has 0 aliphatic heterocycles. The number of hydrogen-bond acceptors (Lipinski definition) is 4. The number of aromatic nitrogens is 2. The highest BCUT2D eigenvalue weighted by Gasteiger charge is 2.34. The zero-order chi connectivity index (χ0) is 24.1. The van der Waals surface area contributed by atoms with Crippen LogP contribution in [-0.2, 0) is 27.2 Å². The largest absolute Gasteiger partial charge is 0.480 e. The number of rotatable bonds is 10. The third-order valence-corrected chi connectivity index (χ3v) is 6.10. The quantitative estimate of drug-likeness (QED) is 0.269. The van der Waals surface area contributed by atoms with Gasteiger partial charge in [0.2, 0.25) is 11.8 Å². The molecule has 2 aromatic carbocycles. The van der Waals surface area contributed by atoms with Gasteiger partial charge < -0.3 is 20.8 Å². The van der Waals surface area contributed by atoms with Crippen molar-refractivity contribution in [3.05, 3.63) is 72.1 Å². The van der Waals surface area contributed by atoms with E-state index in [9.17, 15) is 19.5 Å². The second-order valence-electron chi connectivity index (χ2n) is 8.37. The van der Waals surface area contributed by atoms with Gasteiger partial charge in [-0.05, 0) is 49.1 Å². The second-order valence-corrected chi connectivity index (χ2v) is 8.37. The van der Waals surface area contributed by atoms with Gasteiger partial charge in [-0.2, -0.15) is 0 Å². The Balaban J connectivity index is 1.64. The molecule has 0 spiro atoms. The lowest BCUT2D eigenvalue weighted by Gasteiger charge is -2.27. The molecule has 2 heterocycles. The molecule has 176 valence electrons. The van der Waals surface area contributed by atoms with Gasteiger partial charge in [0.1, 0.15) is 6.04 Å². The van der Waals surface area contributed by atoms with Gasteiger partial charge in [0.05, 0.1) is 12.8 Å². The Morgan fingerprint density at radius 2 is 1.32 bits per heavy atom. The zero-order valence-electron chi connectivity index (χ0n) is 18.8. The highest BCUT2D eigenvalue weighted by Crippen LogP contribution is 2.23. The van der Waals surface area contributed by atoms with Gasteiger partial charge in [0.25, 0.3) is 0 Å². The summed E-state index contributed by atoms with van der Waals surface area (Å²) in [6, 6.07) is 13.9. The van der Waals surface area contributed by atoms with Crippen molar-refractivity contribution in [1.29, 1.82) is 0 Å². The number of para-hydroxylation sites is 2. The maximum absolute atomic E-state index is 13.5. The van der Waals surface area contributed by atoms with Gasteiger partial charge in [0.15, 0.2) is 0 Å². The maximum Gasteiger partial charge on any atom is 0.326 e. The summed E-state index contributed by atoms with van der Waals surface area (Å²) in [5, 5.41) is 11.7. The number of nitrogens with one attached hydrogen (secondary N) is 2. The lowest BCUT2D eigenvalue weighted by molar-refractivity contribution is -0.158. The maximum atomic E-state index is 13.5. The first-order chi connectivity index (χ1) is 16.5. The van der Waals surface area contributed by atoms with Crippen molar-refractivity contribution >= 4 is 39.6 Å². The monoisotopic (exact) mass is 460 g/mol. The first-order valence-electron chi connectivity index (χ1n) is 11.4. The van der Waals surface area contributed by atoms with Crippen LogP contribution in [0.1, 0.15) is 30.4 Å². The Kier molecular flexibility index (Phi) is 7.08. The summed E-state index contributed by atoms with van der Waals surface area (Å²) in [6.45, 7) is 0.416. The van der Waals surface area contributed by atoms with Gasteiger partial charge in [-0.3, -0.25) is 14.5 Å². The minimum Gasteiger partial charge on any atom is -0.480 e. The smallest absolute Gasteiger partial charge is 0.326 e. The average molecular weight is 461 g/mol. The SMILES string of the molecule is NCCCC[C@@H](C(=O)O)N(C(=O)Cc1c[nH]c2ccccc12)C(=O)Cc1c[nH]c2ccccc12. The highest BCUT2D eigenvalue weighted by molar-refractivity contribution is 6.03. The van der Waals surface area contributed by atoms with Crippen LogP contribution in [-0.4, -0.2) is 50.3 Å². The number of unbranched alkanes of at least 4 members (excludes halogenated alkanes) is 1. The van der Waals surface area contributed by atoms with Crippen molar-refractivity contribution in [2.75, 3.05) is 6.54 Å². The molecule has 0 fully saturated rings. The van der Waals surface area contributed by atoms with Crippen molar-refractivity contribution in [3.63, 3.8) is 0 Å². The predicted octanol–water partition coefficient (Wildman–Crippen LogP) is 3.37. The Morgan fingerprint density at radius 1 is 0.824 bits per heavy atom. The van der Waals surface area contributed by atoms with Gasteiger partial charge in [-0.1, -0.05) is 36.4 Å². The standard InChI is InChI=1S/C26H28N4O4/c27-12-6-5-11-23(26(33)34)30(24(31)13-17-15-28-21-9-3-1-7-19(17)21)25(32)14-18-16-29-22-10-4-2-8-20(18)22/h1-4,7-10,15-16,23,28-29H,5-6,11-14,27H2,(H,33,34)/t23-/m0/s1. The van der Waals surface area contributed by atoms with Crippen molar-refractivity contribution in [3.8, 4) is 0 Å². The first-order valence-corrected chi connectivity index (χ1v) is 11.4. The number of hydrogen-bond donors (Lipinski definition) is 4. The number of nitrogens with two attached hydrogens (primary N) is 1. The number of amides is 2. The molecule has 4 aromatic rings. The number of carboxylic acids is 1. The number of benzene rings is 2. The molecule has 0 aliphatic carbocycles. The molecule has 5 N–H and O–H groups in total. The molecule has 0 aliphatic rings. The van der Waals surface area contributed by atoms with Crippen LogP contribution in [0.15, 0.2) is 60.9 Å². The van der Waals surface area contributed by atoms with Crippen LogP contribution < -0.4 is 5.73 Å². The number of carboxylic acid groups (broad SMARTS) is 1. The fraction of sp³-hybridized carbons (Fsp3) is 0.269. The van der Waals surface area contributed by atoms with Crippen molar-refractivity contribution in [1.82, 2.24) is 14.9 Å². The van der Waals surface area contributed by atoms with Crippen LogP contribution in [0, 0.1) is 0 Å². The highest BCUT2D eigenvalue weighted by atomic mass is 16.4. The van der Waals surface area contributed by atoms with E-state index in [4.69, 9.17) is 5.73 Å². The van der Waals surface area contributed by atoms with E-state index < -0.39 is 23.8 Å². The van der Waals surface area contributed by atoms with E-state index in [0.29, 0.717) is 19.4 Å². The molecule has 2 aromatic heterocycles. The molecule has 4 rings (SSSR count). The van der Waals surface area contributed by atoms with E-state index >= 15 is 0 Å². The van der Waals surface area contributed by atoms with E-state index in [2.05, 4.69) is 9.97 Å². The van der Waals surface area contributed by atoms with E-state index in [0.717, 1.165) is 37.8 Å². The van der Waals surface area contributed by atoms with E-state index in [1.807, 2.05) is 48.5 Å². The summed E-state index contributed by atoms with van der Waals surface area (Å²) in [4.78, 5) is 46.3. The fourth-order valence-electron chi connectivity index (χ4n) is 4.38. The summed E-state index contributed by atoms with van der Waals surface area (Å²) in [5.74, 6) is -2.26. The van der Waals surface area contributed by atoms with E-state index in [1.54, 1.807) is 12.4 Å². The van der Waals surface area contributed by atoms with Crippen LogP contribution in [0.3, 0.4) is 0 Å². The summed E-state index contributed by atoms with van der Waals surface area (Å²) in [7, 11) is 0. The molecule has 2 amide bonds. The zero-order valence-corrected chi connectivity index (χ0v) is 18.8. The van der Waals surface area contributed by atoms with Gasteiger partial charge in [-0.15, -0.1) is 0 Å². The van der Waals surface area contributed by atoms with Crippen molar-refractivity contribution < 1.29 is 19.5 Å². The Labute approximate surface area is 196 Å². The van der Waals surface area contributed by atoms with Crippen molar-refractivity contribution in [2.24, 2.45) is 5.73 Å².